The molecule has 0 aliphatic rings. The summed E-state index contributed by atoms with van der Waals surface area (Å²) in [7, 11) is 0. The zero-order valence-corrected chi connectivity index (χ0v) is 17.7. The van der Waals surface area contributed by atoms with Gasteiger partial charge in [0.2, 0.25) is 0 Å². The van der Waals surface area contributed by atoms with Crippen LogP contribution < -0.4 is 5.32 Å². The van der Waals surface area contributed by atoms with Gasteiger partial charge in [0.1, 0.15) is 12.4 Å². The molecular formula is C23H18Cl2FNO4. The molecule has 3 rings (SSSR count). The van der Waals surface area contributed by atoms with Crippen molar-refractivity contribution in [3.05, 3.63) is 99.8 Å². The van der Waals surface area contributed by atoms with E-state index in [2.05, 4.69) is 5.32 Å². The molecule has 1 N–H and O–H groups in total. The predicted octanol–water partition coefficient (Wildman–Crippen LogP) is 5.40. The summed E-state index contributed by atoms with van der Waals surface area (Å²) in [6.07, 6.45) is -1.53. The van der Waals surface area contributed by atoms with Crippen molar-refractivity contribution in [3.8, 4) is 0 Å². The summed E-state index contributed by atoms with van der Waals surface area (Å²) in [6, 6.07) is 19.2. The number of carbonyl (C=O) groups excluding carboxylic acids is 2. The lowest BCUT2D eigenvalue weighted by Gasteiger charge is -2.20. The fraction of sp³-hybridized carbons (Fsp3) is 0.130. The highest BCUT2D eigenvalue weighted by atomic mass is 35.5. The van der Waals surface area contributed by atoms with E-state index in [9.17, 15) is 14.0 Å². The lowest BCUT2D eigenvalue weighted by atomic mass is 10.2. The van der Waals surface area contributed by atoms with Gasteiger partial charge < -0.3 is 14.8 Å². The molecule has 0 aliphatic heterocycles. The van der Waals surface area contributed by atoms with E-state index in [-0.39, 0.29) is 28.8 Å². The smallest absolute Gasteiger partial charge is 0.369 e. The Morgan fingerprint density at radius 1 is 0.871 bits per heavy atom. The molecule has 31 heavy (non-hydrogen) atoms. The van der Waals surface area contributed by atoms with Crippen molar-refractivity contribution in [2.24, 2.45) is 0 Å². The summed E-state index contributed by atoms with van der Waals surface area (Å²) in [5.74, 6) is -1.91. The van der Waals surface area contributed by atoms with Gasteiger partial charge in [0.15, 0.2) is 0 Å². The minimum atomic E-state index is -1.49. The summed E-state index contributed by atoms with van der Waals surface area (Å²) < 4.78 is 23.6. The fourth-order valence-corrected chi connectivity index (χ4v) is 3.16. The number of para-hydroxylation sites is 1. The minimum absolute atomic E-state index is 0.0412. The van der Waals surface area contributed by atoms with Crippen molar-refractivity contribution in [2.45, 2.75) is 19.3 Å². The first kappa shape index (κ1) is 22.6. The first-order valence-electron chi connectivity index (χ1n) is 9.27. The lowest BCUT2D eigenvalue weighted by Crippen LogP contribution is -2.36. The number of halogens is 3. The minimum Gasteiger partial charge on any atom is -0.457 e. The molecule has 0 fully saturated rings. The number of hydrogen-bond acceptors (Lipinski definition) is 5. The van der Waals surface area contributed by atoms with Crippen LogP contribution in [0.25, 0.3) is 0 Å². The first-order valence-corrected chi connectivity index (χ1v) is 10.0. The van der Waals surface area contributed by atoms with Crippen molar-refractivity contribution < 1.29 is 23.5 Å². The highest BCUT2D eigenvalue weighted by molar-refractivity contribution is 6.39. The molecule has 1 atom stereocenters. The molecule has 0 bridgehead atoms. The SMILES string of the molecule is O=C(Cc1ccccc1)OC(Nc1c(Cl)cccc1Cl)C(=O)OCc1ccc(F)cc1. The maximum absolute atomic E-state index is 13.1. The van der Waals surface area contributed by atoms with Crippen LogP contribution in [0, 0.1) is 5.82 Å². The second-order valence-electron chi connectivity index (χ2n) is 6.51. The average molecular weight is 462 g/mol. The van der Waals surface area contributed by atoms with Crippen LogP contribution in [0.2, 0.25) is 10.0 Å². The number of anilines is 1. The molecule has 0 amide bonds. The third-order valence-electron chi connectivity index (χ3n) is 4.19. The number of benzene rings is 3. The topological polar surface area (TPSA) is 64.6 Å². The van der Waals surface area contributed by atoms with E-state index >= 15 is 0 Å². The summed E-state index contributed by atoms with van der Waals surface area (Å²) in [5.41, 5.74) is 1.52. The number of ether oxygens (including phenoxy) is 2. The van der Waals surface area contributed by atoms with Gasteiger partial charge in [-0.3, -0.25) is 4.79 Å². The van der Waals surface area contributed by atoms with E-state index in [0.717, 1.165) is 5.56 Å². The van der Waals surface area contributed by atoms with Crippen molar-refractivity contribution in [1.82, 2.24) is 0 Å². The molecule has 1 unspecified atom stereocenters. The Hall–Kier alpha value is -3.09. The molecule has 0 saturated carbocycles. The lowest BCUT2D eigenvalue weighted by molar-refractivity contribution is -0.166. The second kappa shape index (κ2) is 10.8. The van der Waals surface area contributed by atoms with Crippen LogP contribution in [0.5, 0.6) is 0 Å². The zero-order valence-electron chi connectivity index (χ0n) is 16.2. The maximum Gasteiger partial charge on any atom is 0.369 e. The van der Waals surface area contributed by atoms with Gasteiger partial charge in [-0.2, -0.15) is 0 Å². The fourth-order valence-electron chi connectivity index (χ4n) is 2.65. The van der Waals surface area contributed by atoms with Crippen LogP contribution in [0.15, 0.2) is 72.8 Å². The Labute approximate surface area is 188 Å². The van der Waals surface area contributed by atoms with Gasteiger partial charge in [0.05, 0.1) is 22.2 Å². The normalized spacial score (nSPS) is 11.5. The monoisotopic (exact) mass is 461 g/mol. The molecule has 0 heterocycles. The van der Waals surface area contributed by atoms with Crippen LogP contribution in [0.1, 0.15) is 11.1 Å². The number of hydrogen-bond donors (Lipinski definition) is 1. The molecule has 5 nitrogen and oxygen atoms in total. The molecule has 0 spiro atoms. The largest absolute Gasteiger partial charge is 0.457 e. The van der Waals surface area contributed by atoms with Crippen LogP contribution >= 0.6 is 23.2 Å². The molecule has 3 aromatic carbocycles. The number of carbonyl (C=O) groups is 2. The predicted molar refractivity (Wildman–Crippen MR) is 116 cm³/mol. The van der Waals surface area contributed by atoms with E-state index in [1.54, 1.807) is 42.5 Å². The van der Waals surface area contributed by atoms with Crippen LogP contribution in [-0.4, -0.2) is 18.2 Å². The van der Waals surface area contributed by atoms with Crippen LogP contribution in [0.4, 0.5) is 10.1 Å². The highest BCUT2D eigenvalue weighted by Gasteiger charge is 2.26. The van der Waals surface area contributed by atoms with Crippen LogP contribution in [-0.2, 0) is 32.1 Å². The third-order valence-corrected chi connectivity index (χ3v) is 4.82. The Morgan fingerprint density at radius 2 is 1.52 bits per heavy atom. The van der Waals surface area contributed by atoms with E-state index in [4.69, 9.17) is 32.7 Å². The average Bonchev–Trinajstić information content (AvgIpc) is 2.75. The molecule has 0 radical (unpaired) electrons. The third kappa shape index (κ3) is 6.70. The molecule has 8 heteroatoms. The van der Waals surface area contributed by atoms with E-state index in [1.807, 2.05) is 6.07 Å². The van der Waals surface area contributed by atoms with E-state index < -0.39 is 24.0 Å². The van der Waals surface area contributed by atoms with Crippen molar-refractivity contribution >= 4 is 40.8 Å². The second-order valence-corrected chi connectivity index (χ2v) is 7.32. The maximum atomic E-state index is 13.1. The van der Waals surface area contributed by atoms with E-state index in [1.165, 1.54) is 24.3 Å². The molecule has 0 saturated heterocycles. The summed E-state index contributed by atoms with van der Waals surface area (Å²) in [5, 5.41) is 3.21. The van der Waals surface area contributed by atoms with Gasteiger partial charge in [0.25, 0.3) is 6.23 Å². The number of rotatable bonds is 8. The van der Waals surface area contributed by atoms with Crippen LogP contribution in [0.3, 0.4) is 0 Å². The van der Waals surface area contributed by atoms with Gasteiger partial charge in [-0.1, -0.05) is 71.7 Å². The number of esters is 2. The van der Waals surface area contributed by atoms with Gasteiger partial charge >= 0.3 is 11.9 Å². The Kier molecular flexibility index (Phi) is 7.87. The summed E-state index contributed by atoms with van der Waals surface area (Å²) in [4.78, 5) is 25.1. The summed E-state index contributed by atoms with van der Waals surface area (Å²) in [6.45, 7) is -0.135. The quantitative estimate of drug-likeness (QED) is 0.359. The standard InChI is InChI=1S/C23H18Cl2FNO4/c24-18-7-4-8-19(25)21(18)27-22(31-20(28)13-15-5-2-1-3-6-15)23(29)30-14-16-9-11-17(26)12-10-16/h1-12,22,27H,13-14H2. The summed E-state index contributed by atoms with van der Waals surface area (Å²) >= 11 is 12.3. The van der Waals surface area contributed by atoms with Crippen molar-refractivity contribution in [3.63, 3.8) is 0 Å². The molecular weight excluding hydrogens is 444 g/mol. The highest BCUT2D eigenvalue weighted by Crippen LogP contribution is 2.30. The Morgan fingerprint density at radius 3 is 2.16 bits per heavy atom. The Bertz CT molecular complexity index is 1020. The van der Waals surface area contributed by atoms with E-state index in [0.29, 0.717) is 5.56 Å². The first-order chi connectivity index (χ1) is 14.9. The van der Waals surface area contributed by atoms with Gasteiger partial charge in [-0.15, -0.1) is 0 Å². The molecule has 0 aromatic heterocycles. The van der Waals surface area contributed by atoms with Crippen molar-refractivity contribution in [1.29, 1.82) is 0 Å². The van der Waals surface area contributed by atoms with Gasteiger partial charge in [0, 0.05) is 0 Å². The molecule has 0 aliphatic carbocycles. The molecule has 160 valence electrons. The molecule has 3 aromatic rings. The number of nitrogens with one attached hydrogen (secondary N) is 1. The Balaban J connectivity index is 1.73. The zero-order chi connectivity index (χ0) is 22.2. The van der Waals surface area contributed by atoms with Crippen molar-refractivity contribution in [2.75, 3.05) is 5.32 Å². The van der Waals surface area contributed by atoms with Gasteiger partial charge in [-0.05, 0) is 35.4 Å². The van der Waals surface area contributed by atoms with Gasteiger partial charge in [-0.25, -0.2) is 9.18 Å².